The summed E-state index contributed by atoms with van der Waals surface area (Å²) in [7, 11) is 4.60. The van der Waals surface area contributed by atoms with Crippen LogP contribution in [0, 0.1) is 11.6 Å². The Morgan fingerprint density at radius 3 is 2.40 bits per heavy atom. The molecule has 0 saturated heterocycles. The van der Waals surface area contributed by atoms with Crippen LogP contribution in [-0.2, 0) is 7.05 Å². The number of hydrogen-bond donors (Lipinski definition) is 1. The first-order chi connectivity index (χ1) is 21.7. The second-order valence-corrected chi connectivity index (χ2v) is 9.65. The van der Waals surface area contributed by atoms with Crippen molar-refractivity contribution >= 4 is 22.6 Å². The van der Waals surface area contributed by atoms with Crippen LogP contribution in [0.15, 0.2) is 84.4 Å². The Morgan fingerprint density at radius 1 is 0.911 bits per heavy atom. The van der Waals surface area contributed by atoms with Gasteiger partial charge in [-0.05, 0) is 29.8 Å². The summed E-state index contributed by atoms with van der Waals surface area (Å²) in [6.45, 7) is 0. The normalized spacial score (nSPS) is 11.0. The van der Waals surface area contributed by atoms with E-state index in [0.29, 0.717) is 22.5 Å². The zero-order valence-electron chi connectivity index (χ0n) is 24.0. The third-order valence-electron chi connectivity index (χ3n) is 6.73. The second-order valence-electron chi connectivity index (χ2n) is 9.65. The van der Waals surface area contributed by atoms with E-state index >= 15 is 4.39 Å². The molecule has 4 heterocycles. The van der Waals surface area contributed by atoms with E-state index in [1.165, 1.54) is 69.3 Å². The zero-order chi connectivity index (χ0) is 31.7. The van der Waals surface area contributed by atoms with E-state index in [1.807, 2.05) is 0 Å². The molecule has 12 nitrogen and oxygen atoms in total. The van der Waals surface area contributed by atoms with Gasteiger partial charge in [0.15, 0.2) is 22.8 Å². The summed E-state index contributed by atoms with van der Waals surface area (Å²) in [6.07, 6.45) is 7.37. The molecule has 45 heavy (non-hydrogen) atoms. The predicted molar refractivity (Wildman–Crippen MR) is 159 cm³/mol. The van der Waals surface area contributed by atoms with Gasteiger partial charge in [0.1, 0.15) is 23.2 Å². The van der Waals surface area contributed by atoms with Gasteiger partial charge in [0.2, 0.25) is 11.3 Å². The Bertz CT molecular complexity index is 2130. The molecular weight excluding hydrogens is 588 g/mol. The lowest BCUT2D eigenvalue weighted by atomic mass is 10.0. The molecule has 2 aromatic carbocycles. The van der Waals surface area contributed by atoms with Crippen LogP contribution in [0.4, 0.5) is 14.5 Å². The van der Waals surface area contributed by atoms with Gasteiger partial charge in [-0.25, -0.2) is 18.7 Å². The SMILES string of the molecule is COc1cc2ncnc(Oc3ccc(NC(=O)c4cn(-c5cnn(C)c5)cc(-c5ccc(F)cc5)c4=O)cc3F)c2nc1OC. The van der Waals surface area contributed by atoms with E-state index in [0.717, 1.165) is 6.07 Å². The molecule has 0 radical (unpaired) electrons. The summed E-state index contributed by atoms with van der Waals surface area (Å²) >= 11 is 0. The molecule has 0 aliphatic heterocycles. The number of hydrogen-bond acceptors (Lipinski definition) is 9. The second kappa shape index (κ2) is 11.8. The Hall–Kier alpha value is -6.18. The van der Waals surface area contributed by atoms with Crippen LogP contribution >= 0.6 is 0 Å². The van der Waals surface area contributed by atoms with Crippen molar-refractivity contribution in [3.05, 3.63) is 107 Å². The zero-order valence-corrected chi connectivity index (χ0v) is 24.0. The Morgan fingerprint density at radius 2 is 1.71 bits per heavy atom. The number of anilines is 1. The van der Waals surface area contributed by atoms with Crippen LogP contribution in [-0.4, -0.2) is 49.4 Å². The van der Waals surface area contributed by atoms with Crippen LogP contribution in [0.2, 0.25) is 0 Å². The van der Waals surface area contributed by atoms with E-state index in [-0.39, 0.29) is 39.8 Å². The highest BCUT2D eigenvalue weighted by atomic mass is 19.1. The summed E-state index contributed by atoms with van der Waals surface area (Å²) in [6, 6.07) is 10.6. The van der Waals surface area contributed by atoms with Gasteiger partial charge in [-0.2, -0.15) is 10.1 Å². The molecule has 6 rings (SSSR count). The number of rotatable bonds is 8. The van der Waals surface area contributed by atoms with Gasteiger partial charge in [-0.3, -0.25) is 14.3 Å². The number of amides is 1. The summed E-state index contributed by atoms with van der Waals surface area (Å²) in [5, 5.41) is 6.71. The highest BCUT2D eigenvalue weighted by molar-refractivity contribution is 6.04. The number of nitrogens with one attached hydrogen (secondary N) is 1. The maximum Gasteiger partial charge on any atom is 0.261 e. The van der Waals surface area contributed by atoms with E-state index in [4.69, 9.17) is 14.2 Å². The third kappa shape index (κ3) is 5.76. The van der Waals surface area contributed by atoms with Gasteiger partial charge in [-0.15, -0.1) is 0 Å². The van der Waals surface area contributed by atoms with Crippen LogP contribution in [0.25, 0.3) is 27.8 Å². The van der Waals surface area contributed by atoms with Gasteiger partial charge in [0.05, 0.1) is 26.1 Å². The number of ether oxygens (including phenoxy) is 3. The lowest BCUT2D eigenvalue weighted by Gasteiger charge is -2.13. The first-order valence-electron chi connectivity index (χ1n) is 13.3. The summed E-state index contributed by atoms with van der Waals surface area (Å²) in [5.74, 6) is -1.83. The number of aromatic nitrogens is 6. The van der Waals surface area contributed by atoms with Crippen LogP contribution < -0.4 is 25.0 Å². The van der Waals surface area contributed by atoms with Crippen molar-refractivity contribution in [1.29, 1.82) is 0 Å². The maximum absolute atomic E-state index is 15.2. The highest BCUT2D eigenvalue weighted by Crippen LogP contribution is 2.34. The average molecular weight is 612 g/mol. The quantitative estimate of drug-likeness (QED) is 0.255. The lowest BCUT2D eigenvalue weighted by molar-refractivity contribution is 0.102. The smallest absolute Gasteiger partial charge is 0.261 e. The van der Waals surface area contributed by atoms with Crippen molar-refractivity contribution in [2.75, 3.05) is 19.5 Å². The van der Waals surface area contributed by atoms with E-state index < -0.39 is 23.0 Å². The Labute approximate surface area is 253 Å². The van der Waals surface area contributed by atoms with Crippen LogP contribution in [0.5, 0.6) is 23.3 Å². The maximum atomic E-state index is 15.2. The predicted octanol–water partition coefficient (Wildman–Crippen LogP) is 4.92. The minimum Gasteiger partial charge on any atom is -0.491 e. The highest BCUT2D eigenvalue weighted by Gasteiger charge is 2.20. The molecule has 0 fully saturated rings. The fourth-order valence-electron chi connectivity index (χ4n) is 4.53. The molecule has 226 valence electrons. The molecule has 0 aliphatic rings. The molecule has 1 N–H and O–H groups in total. The summed E-state index contributed by atoms with van der Waals surface area (Å²) < 4.78 is 48.2. The van der Waals surface area contributed by atoms with Crippen molar-refractivity contribution in [1.82, 2.24) is 29.3 Å². The van der Waals surface area contributed by atoms with Gasteiger partial charge >= 0.3 is 0 Å². The summed E-state index contributed by atoms with van der Waals surface area (Å²) in [5.41, 5.74) is 0.941. The number of carbonyl (C=O) groups is 1. The number of pyridine rings is 2. The van der Waals surface area contributed by atoms with Crippen molar-refractivity contribution in [2.45, 2.75) is 0 Å². The molecule has 0 bridgehead atoms. The molecule has 0 aliphatic carbocycles. The third-order valence-corrected chi connectivity index (χ3v) is 6.73. The van der Waals surface area contributed by atoms with Crippen molar-refractivity contribution in [3.63, 3.8) is 0 Å². The monoisotopic (exact) mass is 611 g/mol. The average Bonchev–Trinajstić information content (AvgIpc) is 3.48. The van der Waals surface area contributed by atoms with Crippen molar-refractivity contribution in [2.24, 2.45) is 7.05 Å². The van der Waals surface area contributed by atoms with Gasteiger partial charge in [0, 0.05) is 49.0 Å². The Balaban J connectivity index is 1.30. The van der Waals surface area contributed by atoms with Crippen LogP contribution in [0.3, 0.4) is 0 Å². The molecule has 6 aromatic rings. The number of halogens is 2. The van der Waals surface area contributed by atoms with Crippen molar-refractivity contribution < 1.29 is 27.8 Å². The molecule has 1 amide bonds. The topological polar surface area (TPSA) is 135 Å². The molecule has 0 unspecified atom stereocenters. The largest absolute Gasteiger partial charge is 0.491 e. The molecule has 4 aromatic heterocycles. The number of nitrogens with zero attached hydrogens (tertiary/aromatic N) is 6. The number of fused-ring (bicyclic) bond motifs is 1. The molecule has 0 saturated carbocycles. The molecular formula is C31H23F2N7O5. The fraction of sp³-hybridized carbons (Fsp3) is 0.0968. The number of carbonyl (C=O) groups excluding carboxylic acids is 1. The number of aryl methyl sites for hydroxylation is 1. The van der Waals surface area contributed by atoms with E-state index in [2.05, 4.69) is 25.4 Å². The van der Waals surface area contributed by atoms with E-state index in [1.54, 1.807) is 34.8 Å². The first-order valence-corrected chi connectivity index (χ1v) is 13.3. The van der Waals surface area contributed by atoms with Gasteiger partial charge in [-0.1, -0.05) is 12.1 Å². The first kappa shape index (κ1) is 28.9. The van der Waals surface area contributed by atoms with Gasteiger partial charge < -0.3 is 24.1 Å². The van der Waals surface area contributed by atoms with Crippen molar-refractivity contribution in [3.8, 4) is 40.1 Å². The Kier molecular flexibility index (Phi) is 7.61. The minimum absolute atomic E-state index is 0.0369. The van der Waals surface area contributed by atoms with Gasteiger partial charge in [0.25, 0.3) is 11.8 Å². The molecule has 0 spiro atoms. The molecule has 14 heteroatoms. The standard InChI is InChI=1S/C31H23F2N7O5/c1-39-13-20(12-36-39)40-14-21(17-4-6-18(32)7-5-17)28(41)22(15-40)29(42)37-19-8-9-25(23(33)10-19)45-31-27-24(34-16-35-31)11-26(43-2)30(38-27)44-3/h4-16H,1-3H3,(H,37,42). The fourth-order valence-corrected chi connectivity index (χ4v) is 4.53. The summed E-state index contributed by atoms with van der Waals surface area (Å²) in [4.78, 5) is 39.4. The number of methoxy groups -OCH3 is 2. The van der Waals surface area contributed by atoms with E-state index in [9.17, 15) is 14.0 Å². The minimum atomic E-state index is -0.826. The molecule has 0 atom stereocenters. The lowest BCUT2D eigenvalue weighted by Crippen LogP contribution is -2.24. The number of benzene rings is 2. The van der Waals surface area contributed by atoms with Crippen LogP contribution in [0.1, 0.15) is 10.4 Å².